The van der Waals surface area contributed by atoms with Gasteiger partial charge in [0.15, 0.2) is 5.82 Å². The van der Waals surface area contributed by atoms with E-state index in [1.807, 2.05) is 11.4 Å². The molecular formula is C9H5N3S. The van der Waals surface area contributed by atoms with Crippen molar-refractivity contribution in [3.05, 3.63) is 34.8 Å². The molecule has 2 aromatic heterocycles. The zero-order valence-electron chi connectivity index (χ0n) is 6.64. The van der Waals surface area contributed by atoms with Crippen LogP contribution in [0.2, 0.25) is 0 Å². The van der Waals surface area contributed by atoms with Crippen molar-refractivity contribution in [3.8, 4) is 17.5 Å². The summed E-state index contributed by atoms with van der Waals surface area (Å²) in [6, 6.07) is 5.72. The molecule has 0 saturated heterocycles. The van der Waals surface area contributed by atoms with Gasteiger partial charge < -0.3 is 0 Å². The first-order valence-electron chi connectivity index (χ1n) is 3.67. The predicted molar refractivity (Wildman–Crippen MR) is 50.1 cm³/mol. The maximum atomic E-state index is 8.77. The van der Waals surface area contributed by atoms with E-state index in [-0.39, 0.29) is 0 Å². The van der Waals surface area contributed by atoms with Crippen LogP contribution < -0.4 is 0 Å². The van der Waals surface area contributed by atoms with E-state index >= 15 is 0 Å². The first-order valence-corrected chi connectivity index (χ1v) is 4.55. The van der Waals surface area contributed by atoms with Crippen LogP contribution in [-0.4, -0.2) is 9.97 Å². The molecule has 3 nitrogen and oxygen atoms in total. The second kappa shape index (κ2) is 3.33. The number of nitriles is 1. The van der Waals surface area contributed by atoms with Crippen molar-refractivity contribution in [2.45, 2.75) is 0 Å². The molecule has 62 valence electrons. The average Bonchev–Trinajstić information content (AvgIpc) is 2.67. The quantitative estimate of drug-likeness (QED) is 0.686. The van der Waals surface area contributed by atoms with Gasteiger partial charge in [-0.1, -0.05) is 0 Å². The minimum atomic E-state index is 0.611. The Morgan fingerprint density at radius 2 is 2.08 bits per heavy atom. The number of hydrogen-bond acceptors (Lipinski definition) is 4. The van der Waals surface area contributed by atoms with E-state index in [0.29, 0.717) is 10.7 Å². The summed E-state index contributed by atoms with van der Waals surface area (Å²) in [6.45, 7) is 0. The van der Waals surface area contributed by atoms with Gasteiger partial charge in [0.25, 0.3) is 0 Å². The van der Waals surface area contributed by atoms with E-state index in [1.54, 1.807) is 18.5 Å². The lowest BCUT2D eigenvalue weighted by molar-refractivity contribution is 1.18. The molecule has 0 spiro atoms. The van der Waals surface area contributed by atoms with Crippen LogP contribution in [0.25, 0.3) is 11.4 Å². The lowest BCUT2D eigenvalue weighted by atomic mass is 10.2. The minimum absolute atomic E-state index is 0.611. The maximum absolute atomic E-state index is 8.77. The van der Waals surface area contributed by atoms with Crippen molar-refractivity contribution in [2.75, 3.05) is 0 Å². The van der Waals surface area contributed by atoms with Gasteiger partial charge in [0, 0.05) is 18.0 Å². The molecule has 0 amide bonds. The molecule has 2 heterocycles. The van der Waals surface area contributed by atoms with E-state index in [9.17, 15) is 0 Å². The molecule has 0 aliphatic rings. The van der Waals surface area contributed by atoms with Crippen LogP contribution in [0.5, 0.6) is 0 Å². The summed E-state index contributed by atoms with van der Waals surface area (Å²) >= 11 is 1.40. The van der Waals surface area contributed by atoms with Crippen LogP contribution in [0, 0.1) is 11.3 Å². The Bertz CT molecular complexity index is 441. The summed E-state index contributed by atoms with van der Waals surface area (Å²) < 4.78 is 0. The van der Waals surface area contributed by atoms with E-state index in [0.717, 1.165) is 5.56 Å². The minimum Gasteiger partial charge on any atom is -0.237 e. The van der Waals surface area contributed by atoms with Crippen molar-refractivity contribution in [1.29, 1.82) is 5.26 Å². The second-order valence-electron chi connectivity index (χ2n) is 2.35. The molecule has 0 atom stereocenters. The van der Waals surface area contributed by atoms with Gasteiger partial charge >= 0.3 is 0 Å². The molecule has 0 saturated carbocycles. The van der Waals surface area contributed by atoms with Crippen molar-refractivity contribution in [1.82, 2.24) is 9.97 Å². The van der Waals surface area contributed by atoms with Crippen LogP contribution in [0.3, 0.4) is 0 Å². The highest BCUT2D eigenvalue weighted by molar-refractivity contribution is 7.11. The summed E-state index contributed by atoms with van der Waals surface area (Å²) in [7, 11) is 0. The van der Waals surface area contributed by atoms with Crippen molar-refractivity contribution in [2.24, 2.45) is 0 Å². The zero-order chi connectivity index (χ0) is 9.10. The molecule has 0 fully saturated rings. The van der Waals surface area contributed by atoms with Crippen LogP contribution in [0.1, 0.15) is 4.88 Å². The largest absolute Gasteiger partial charge is 0.237 e. The molecule has 2 aromatic rings. The maximum Gasteiger partial charge on any atom is 0.161 e. The molecular weight excluding hydrogens is 182 g/mol. The Kier molecular flexibility index (Phi) is 2.02. The lowest BCUT2D eigenvalue weighted by Gasteiger charge is -1.93. The van der Waals surface area contributed by atoms with Crippen molar-refractivity contribution in [3.63, 3.8) is 0 Å². The fraction of sp³-hybridized carbons (Fsp3) is 0. The molecule has 0 N–H and O–H groups in total. The lowest BCUT2D eigenvalue weighted by Crippen LogP contribution is -1.85. The third-order valence-electron chi connectivity index (χ3n) is 1.57. The van der Waals surface area contributed by atoms with E-state index in [4.69, 9.17) is 5.26 Å². The third kappa shape index (κ3) is 1.42. The van der Waals surface area contributed by atoms with Crippen molar-refractivity contribution >= 4 is 11.3 Å². The molecule has 13 heavy (non-hydrogen) atoms. The van der Waals surface area contributed by atoms with Crippen LogP contribution >= 0.6 is 11.3 Å². The SMILES string of the molecule is N#Cc1sccc1-c1ncccn1. The highest BCUT2D eigenvalue weighted by Gasteiger charge is 2.07. The zero-order valence-corrected chi connectivity index (χ0v) is 7.45. The van der Waals surface area contributed by atoms with E-state index < -0.39 is 0 Å². The summed E-state index contributed by atoms with van der Waals surface area (Å²) in [5.41, 5.74) is 0.813. The monoisotopic (exact) mass is 187 g/mol. The molecule has 0 bridgehead atoms. The number of nitrogens with zero attached hydrogens (tertiary/aromatic N) is 3. The number of rotatable bonds is 1. The van der Waals surface area contributed by atoms with E-state index in [1.165, 1.54) is 11.3 Å². The first-order chi connectivity index (χ1) is 6.42. The average molecular weight is 187 g/mol. The topological polar surface area (TPSA) is 49.6 Å². The smallest absolute Gasteiger partial charge is 0.161 e. The van der Waals surface area contributed by atoms with Gasteiger partial charge in [0.2, 0.25) is 0 Å². The van der Waals surface area contributed by atoms with Crippen LogP contribution in [0.15, 0.2) is 29.9 Å². The number of hydrogen-bond donors (Lipinski definition) is 0. The molecule has 0 unspecified atom stereocenters. The molecule has 0 aliphatic carbocycles. The first kappa shape index (κ1) is 7.90. The van der Waals surface area contributed by atoms with Gasteiger partial charge in [0.1, 0.15) is 10.9 Å². The molecule has 2 rings (SSSR count). The Balaban J connectivity index is 2.54. The molecule has 0 radical (unpaired) electrons. The van der Waals surface area contributed by atoms with Gasteiger partial charge in [0.05, 0.1) is 0 Å². The number of thiophene rings is 1. The Labute approximate surface area is 79.3 Å². The van der Waals surface area contributed by atoms with E-state index in [2.05, 4.69) is 16.0 Å². The predicted octanol–water partition coefficient (Wildman–Crippen LogP) is 2.08. The summed E-state index contributed by atoms with van der Waals surface area (Å²) in [5.74, 6) is 0.611. The third-order valence-corrected chi connectivity index (χ3v) is 2.39. The highest BCUT2D eigenvalue weighted by Crippen LogP contribution is 2.23. The molecule has 4 heteroatoms. The highest BCUT2D eigenvalue weighted by atomic mass is 32.1. The summed E-state index contributed by atoms with van der Waals surface area (Å²) in [5, 5.41) is 10.6. The molecule has 0 aromatic carbocycles. The van der Waals surface area contributed by atoms with Crippen molar-refractivity contribution < 1.29 is 0 Å². The molecule has 0 aliphatic heterocycles. The van der Waals surface area contributed by atoms with Gasteiger partial charge in [-0.2, -0.15) is 5.26 Å². The standard InChI is InChI=1S/C9H5N3S/c10-6-8-7(2-5-13-8)9-11-3-1-4-12-9/h1-5H. The second-order valence-corrected chi connectivity index (χ2v) is 3.26. The summed E-state index contributed by atoms with van der Waals surface area (Å²) in [6.07, 6.45) is 3.34. The van der Waals surface area contributed by atoms with Crippen LogP contribution in [0.4, 0.5) is 0 Å². The normalized spacial score (nSPS) is 9.46. The Morgan fingerprint density at radius 3 is 2.77 bits per heavy atom. The van der Waals surface area contributed by atoms with Gasteiger partial charge in [-0.15, -0.1) is 11.3 Å². The Hall–Kier alpha value is -1.73. The summed E-state index contributed by atoms with van der Waals surface area (Å²) in [4.78, 5) is 8.81. The fourth-order valence-corrected chi connectivity index (χ4v) is 1.69. The van der Waals surface area contributed by atoms with Gasteiger partial charge in [-0.3, -0.25) is 0 Å². The van der Waals surface area contributed by atoms with Crippen LogP contribution in [-0.2, 0) is 0 Å². The number of aromatic nitrogens is 2. The fourth-order valence-electron chi connectivity index (χ4n) is 1.01. The van der Waals surface area contributed by atoms with Gasteiger partial charge in [-0.25, -0.2) is 9.97 Å². The van der Waals surface area contributed by atoms with Gasteiger partial charge in [-0.05, 0) is 17.5 Å². The Morgan fingerprint density at radius 1 is 1.31 bits per heavy atom.